The number of aromatic nitrogens is 1. The molecule has 0 radical (unpaired) electrons. The van der Waals surface area contributed by atoms with Gasteiger partial charge in [0.2, 0.25) is 0 Å². The Kier molecular flexibility index (Phi) is 3.55. The second-order valence-electron chi connectivity index (χ2n) is 3.53. The van der Waals surface area contributed by atoms with Gasteiger partial charge in [-0.3, -0.25) is 4.98 Å². The zero-order chi connectivity index (χ0) is 9.84. The predicted octanol–water partition coefficient (Wildman–Crippen LogP) is 3.19. The lowest BCUT2D eigenvalue weighted by Crippen LogP contribution is -2.21. The van der Waals surface area contributed by atoms with Crippen LogP contribution in [0.15, 0.2) is 18.5 Å². The molecule has 0 amide bonds. The maximum Gasteiger partial charge on any atom is 0.0718 e. The summed E-state index contributed by atoms with van der Waals surface area (Å²) >= 11 is 5.97. The topological polar surface area (TPSA) is 24.9 Å². The van der Waals surface area contributed by atoms with E-state index in [1.165, 1.54) is 0 Å². The second-order valence-corrected chi connectivity index (χ2v) is 3.94. The SMILES string of the molecule is CC(C)C(C)Nc1cnccc1Cl. The molecule has 0 bridgehead atoms. The fraction of sp³-hybridized carbons (Fsp3) is 0.500. The zero-order valence-electron chi connectivity index (χ0n) is 8.21. The maximum absolute atomic E-state index is 5.97. The summed E-state index contributed by atoms with van der Waals surface area (Å²) in [5.74, 6) is 0.580. The van der Waals surface area contributed by atoms with Gasteiger partial charge in [-0.25, -0.2) is 0 Å². The molecule has 1 aromatic rings. The molecule has 0 saturated heterocycles. The molecule has 13 heavy (non-hydrogen) atoms. The molecule has 1 unspecified atom stereocenters. The van der Waals surface area contributed by atoms with Crippen molar-refractivity contribution in [1.82, 2.24) is 4.98 Å². The summed E-state index contributed by atoms with van der Waals surface area (Å²) in [5.41, 5.74) is 0.908. The standard InChI is InChI=1S/C10H15ClN2/c1-7(2)8(3)13-10-6-12-5-4-9(10)11/h4-8,13H,1-3H3. The Bertz CT molecular complexity index is 273. The fourth-order valence-electron chi connectivity index (χ4n) is 0.896. The predicted molar refractivity (Wildman–Crippen MR) is 57.2 cm³/mol. The van der Waals surface area contributed by atoms with Gasteiger partial charge in [0.05, 0.1) is 16.9 Å². The molecule has 1 aromatic heterocycles. The van der Waals surface area contributed by atoms with Crippen molar-refractivity contribution in [3.63, 3.8) is 0 Å². The summed E-state index contributed by atoms with van der Waals surface area (Å²) in [4.78, 5) is 4.01. The number of nitrogens with one attached hydrogen (secondary N) is 1. The summed E-state index contributed by atoms with van der Waals surface area (Å²) in [5, 5.41) is 4.04. The largest absolute Gasteiger partial charge is 0.380 e. The molecule has 1 rings (SSSR count). The van der Waals surface area contributed by atoms with Gasteiger partial charge in [0.25, 0.3) is 0 Å². The van der Waals surface area contributed by atoms with Gasteiger partial charge in [0.1, 0.15) is 0 Å². The average molecular weight is 199 g/mol. The van der Waals surface area contributed by atoms with Gasteiger partial charge in [-0.1, -0.05) is 25.4 Å². The van der Waals surface area contributed by atoms with Crippen LogP contribution in [-0.2, 0) is 0 Å². The van der Waals surface area contributed by atoms with Gasteiger partial charge in [0.15, 0.2) is 0 Å². The number of halogens is 1. The van der Waals surface area contributed by atoms with Crippen LogP contribution in [0.25, 0.3) is 0 Å². The monoisotopic (exact) mass is 198 g/mol. The smallest absolute Gasteiger partial charge is 0.0718 e. The third kappa shape index (κ3) is 2.88. The molecular formula is C10H15ClN2. The lowest BCUT2D eigenvalue weighted by molar-refractivity contribution is 0.560. The minimum Gasteiger partial charge on any atom is -0.380 e. The van der Waals surface area contributed by atoms with Crippen LogP contribution in [0, 0.1) is 5.92 Å². The van der Waals surface area contributed by atoms with Gasteiger partial charge >= 0.3 is 0 Å². The van der Waals surface area contributed by atoms with Crippen molar-refractivity contribution >= 4 is 17.3 Å². The van der Waals surface area contributed by atoms with Crippen molar-refractivity contribution in [2.24, 2.45) is 5.92 Å². The molecule has 0 aromatic carbocycles. The normalized spacial score (nSPS) is 13.0. The van der Waals surface area contributed by atoms with E-state index in [9.17, 15) is 0 Å². The molecule has 0 aliphatic heterocycles. The van der Waals surface area contributed by atoms with Crippen LogP contribution in [0.2, 0.25) is 5.02 Å². The Morgan fingerprint density at radius 1 is 1.38 bits per heavy atom. The van der Waals surface area contributed by atoms with Crippen LogP contribution < -0.4 is 5.32 Å². The van der Waals surface area contributed by atoms with E-state index >= 15 is 0 Å². The van der Waals surface area contributed by atoms with Crippen LogP contribution in [0.5, 0.6) is 0 Å². The molecule has 1 atom stereocenters. The first-order chi connectivity index (χ1) is 6.11. The minimum atomic E-state index is 0.404. The van der Waals surface area contributed by atoms with E-state index in [2.05, 4.69) is 31.1 Å². The van der Waals surface area contributed by atoms with E-state index in [1.807, 2.05) is 0 Å². The van der Waals surface area contributed by atoms with E-state index in [0.29, 0.717) is 12.0 Å². The second kappa shape index (κ2) is 4.47. The van der Waals surface area contributed by atoms with Crippen LogP contribution in [0.3, 0.4) is 0 Å². The molecule has 0 fully saturated rings. The van der Waals surface area contributed by atoms with Gasteiger partial charge in [0, 0.05) is 12.2 Å². The molecule has 72 valence electrons. The van der Waals surface area contributed by atoms with E-state index in [1.54, 1.807) is 18.5 Å². The van der Waals surface area contributed by atoms with Crippen LogP contribution in [0.1, 0.15) is 20.8 Å². The highest BCUT2D eigenvalue weighted by Crippen LogP contribution is 2.21. The van der Waals surface area contributed by atoms with E-state index in [0.717, 1.165) is 10.7 Å². The van der Waals surface area contributed by atoms with Crippen LogP contribution in [-0.4, -0.2) is 11.0 Å². The minimum absolute atomic E-state index is 0.404. The van der Waals surface area contributed by atoms with E-state index < -0.39 is 0 Å². The highest BCUT2D eigenvalue weighted by atomic mass is 35.5. The number of anilines is 1. The molecule has 0 aliphatic carbocycles. The summed E-state index contributed by atoms with van der Waals surface area (Å²) < 4.78 is 0. The molecule has 2 nitrogen and oxygen atoms in total. The lowest BCUT2D eigenvalue weighted by Gasteiger charge is -2.19. The maximum atomic E-state index is 5.97. The summed E-state index contributed by atoms with van der Waals surface area (Å²) in [6.45, 7) is 6.47. The number of pyridine rings is 1. The Morgan fingerprint density at radius 2 is 2.08 bits per heavy atom. The first-order valence-electron chi connectivity index (χ1n) is 4.47. The first kappa shape index (κ1) is 10.3. The van der Waals surface area contributed by atoms with Crippen molar-refractivity contribution in [1.29, 1.82) is 0 Å². The summed E-state index contributed by atoms with van der Waals surface area (Å²) in [6.07, 6.45) is 3.44. The van der Waals surface area contributed by atoms with Crippen molar-refractivity contribution in [3.8, 4) is 0 Å². The van der Waals surface area contributed by atoms with Crippen molar-refractivity contribution in [2.45, 2.75) is 26.8 Å². The van der Waals surface area contributed by atoms with Crippen molar-refractivity contribution in [2.75, 3.05) is 5.32 Å². The Labute approximate surface area is 84.3 Å². The number of nitrogens with zero attached hydrogens (tertiary/aromatic N) is 1. The van der Waals surface area contributed by atoms with Crippen LogP contribution in [0.4, 0.5) is 5.69 Å². The zero-order valence-corrected chi connectivity index (χ0v) is 8.97. The molecule has 1 N–H and O–H groups in total. The third-order valence-corrected chi connectivity index (χ3v) is 2.48. The first-order valence-corrected chi connectivity index (χ1v) is 4.85. The highest BCUT2D eigenvalue weighted by Gasteiger charge is 2.08. The van der Waals surface area contributed by atoms with Gasteiger partial charge in [-0.2, -0.15) is 0 Å². The summed E-state index contributed by atoms with van der Waals surface area (Å²) in [6, 6.07) is 2.19. The Morgan fingerprint density at radius 3 is 2.62 bits per heavy atom. The molecule has 3 heteroatoms. The molecular weight excluding hydrogens is 184 g/mol. The molecule has 0 saturated carbocycles. The number of hydrogen-bond donors (Lipinski definition) is 1. The van der Waals surface area contributed by atoms with Gasteiger partial charge < -0.3 is 5.32 Å². The molecule has 0 aliphatic rings. The lowest BCUT2D eigenvalue weighted by atomic mass is 10.1. The summed E-state index contributed by atoms with van der Waals surface area (Å²) in [7, 11) is 0. The Balaban J connectivity index is 2.69. The fourth-order valence-corrected chi connectivity index (χ4v) is 1.06. The van der Waals surface area contributed by atoms with Crippen LogP contribution >= 0.6 is 11.6 Å². The van der Waals surface area contributed by atoms with E-state index in [-0.39, 0.29) is 0 Å². The van der Waals surface area contributed by atoms with Crippen molar-refractivity contribution in [3.05, 3.63) is 23.5 Å². The molecule has 0 spiro atoms. The number of rotatable bonds is 3. The van der Waals surface area contributed by atoms with Gasteiger partial charge in [-0.15, -0.1) is 0 Å². The quantitative estimate of drug-likeness (QED) is 0.807. The third-order valence-electron chi connectivity index (χ3n) is 2.15. The number of hydrogen-bond acceptors (Lipinski definition) is 2. The van der Waals surface area contributed by atoms with Gasteiger partial charge in [-0.05, 0) is 18.9 Å². The van der Waals surface area contributed by atoms with E-state index in [4.69, 9.17) is 11.6 Å². The van der Waals surface area contributed by atoms with Crippen molar-refractivity contribution < 1.29 is 0 Å². The highest BCUT2D eigenvalue weighted by molar-refractivity contribution is 6.33. The average Bonchev–Trinajstić information content (AvgIpc) is 2.08. The molecule has 1 heterocycles. The Hall–Kier alpha value is -0.760.